The van der Waals surface area contributed by atoms with E-state index in [4.69, 9.17) is 10.9 Å². The quantitative estimate of drug-likeness (QED) is 0.185. The van der Waals surface area contributed by atoms with Crippen LogP contribution in [0, 0.1) is 0 Å². The highest BCUT2D eigenvalue weighted by Gasteiger charge is 2.29. The number of carbonyl (C=O) groups is 2. The normalized spacial score (nSPS) is 19.7. The molecule has 0 radical (unpaired) electrons. The molecular weight excluding hydrogens is 438 g/mol. The lowest BCUT2D eigenvalue weighted by molar-refractivity contribution is -0.130. The van der Waals surface area contributed by atoms with Gasteiger partial charge in [0.25, 0.3) is 0 Å². The lowest BCUT2D eigenvalue weighted by Crippen LogP contribution is -2.53. The standard InChI is InChI=1S/C21H27N5O3S.ClH/c1-13(20(27)24-12-16-7-8-18(30-16)19(22)26-29)25-21(28)17-11-15(9-10-23-17)14-5-3-2-4-6-14;/h2-8,13,15,17,23,29H,9-12H2,1H3,(H2,22,26)(H,24,27)(H,25,28);1H. The van der Waals surface area contributed by atoms with Crippen molar-refractivity contribution in [1.29, 1.82) is 0 Å². The number of oxime groups is 1. The van der Waals surface area contributed by atoms with Crippen molar-refractivity contribution in [2.24, 2.45) is 10.9 Å². The number of amidine groups is 1. The Morgan fingerprint density at radius 2 is 2.03 bits per heavy atom. The lowest BCUT2D eigenvalue weighted by atomic mass is 9.86. The molecular formula is C21H28ClN5O3S. The fraction of sp³-hybridized carbons (Fsp3) is 0.381. The Balaban J connectivity index is 0.00000341. The minimum atomic E-state index is -0.653. The van der Waals surface area contributed by atoms with Crippen LogP contribution in [-0.4, -0.2) is 41.5 Å². The van der Waals surface area contributed by atoms with Crippen LogP contribution in [0.2, 0.25) is 0 Å². The van der Waals surface area contributed by atoms with E-state index in [1.807, 2.05) is 18.2 Å². The summed E-state index contributed by atoms with van der Waals surface area (Å²) in [4.78, 5) is 26.5. The summed E-state index contributed by atoms with van der Waals surface area (Å²) in [6.07, 6.45) is 1.69. The second-order valence-electron chi connectivity index (χ2n) is 7.34. The molecule has 1 aliphatic heterocycles. The number of thiophene rings is 1. The molecule has 8 nitrogen and oxygen atoms in total. The molecule has 31 heavy (non-hydrogen) atoms. The van der Waals surface area contributed by atoms with Crippen LogP contribution >= 0.6 is 23.7 Å². The average Bonchev–Trinajstić information content (AvgIpc) is 3.26. The number of nitrogens with one attached hydrogen (secondary N) is 3. The molecule has 6 N–H and O–H groups in total. The van der Waals surface area contributed by atoms with E-state index in [0.29, 0.717) is 23.8 Å². The Morgan fingerprint density at radius 1 is 1.29 bits per heavy atom. The van der Waals surface area contributed by atoms with Crippen molar-refractivity contribution in [2.45, 2.75) is 44.3 Å². The third kappa shape index (κ3) is 6.68. The summed E-state index contributed by atoms with van der Waals surface area (Å²) >= 11 is 1.33. The largest absolute Gasteiger partial charge is 0.409 e. The molecule has 1 fully saturated rings. The minimum Gasteiger partial charge on any atom is -0.409 e. The number of hydrogen-bond acceptors (Lipinski definition) is 6. The van der Waals surface area contributed by atoms with Gasteiger partial charge in [0.15, 0.2) is 5.84 Å². The van der Waals surface area contributed by atoms with Crippen LogP contribution in [0.25, 0.3) is 0 Å². The van der Waals surface area contributed by atoms with Crippen LogP contribution < -0.4 is 21.7 Å². The minimum absolute atomic E-state index is 0. The van der Waals surface area contributed by atoms with Gasteiger partial charge in [0, 0.05) is 4.88 Å². The first kappa shape index (κ1) is 24.6. The van der Waals surface area contributed by atoms with E-state index in [2.05, 4.69) is 33.2 Å². The fourth-order valence-corrected chi connectivity index (χ4v) is 4.36. The van der Waals surface area contributed by atoms with Gasteiger partial charge in [-0.3, -0.25) is 9.59 Å². The molecule has 1 aliphatic rings. The van der Waals surface area contributed by atoms with Crippen LogP contribution in [-0.2, 0) is 16.1 Å². The van der Waals surface area contributed by atoms with Gasteiger partial charge in [0.2, 0.25) is 11.8 Å². The van der Waals surface area contributed by atoms with Gasteiger partial charge in [-0.2, -0.15) is 0 Å². The van der Waals surface area contributed by atoms with Gasteiger partial charge in [-0.1, -0.05) is 35.5 Å². The number of halogens is 1. The van der Waals surface area contributed by atoms with Gasteiger partial charge < -0.3 is 26.9 Å². The van der Waals surface area contributed by atoms with Gasteiger partial charge in [-0.05, 0) is 49.9 Å². The highest BCUT2D eigenvalue weighted by atomic mass is 35.5. The van der Waals surface area contributed by atoms with E-state index in [1.165, 1.54) is 16.9 Å². The average molecular weight is 466 g/mol. The topological polar surface area (TPSA) is 129 Å². The summed E-state index contributed by atoms with van der Waals surface area (Å²) < 4.78 is 0. The van der Waals surface area contributed by atoms with E-state index in [1.54, 1.807) is 19.1 Å². The van der Waals surface area contributed by atoms with Crippen LogP contribution in [0.3, 0.4) is 0 Å². The molecule has 0 aliphatic carbocycles. The van der Waals surface area contributed by atoms with Crippen LogP contribution in [0.5, 0.6) is 0 Å². The molecule has 2 amide bonds. The number of piperidine rings is 1. The summed E-state index contributed by atoms with van der Waals surface area (Å²) in [6, 6.07) is 12.8. The van der Waals surface area contributed by atoms with Crippen molar-refractivity contribution >= 4 is 41.4 Å². The highest BCUT2D eigenvalue weighted by Crippen LogP contribution is 2.27. The molecule has 3 unspecified atom stereocenters. The fourth-order valence-electron chi connectivity index (χ4n) is 3.51. The van der Waals surface area contributed by atoms with Crippen molar-refractivity contribution in [2.75, 3.05) is 6.54 Å². The number of nitrogens with zero attached hydrogens (tertiary/aromatic N) is 1. The zero-order valence-electron chi connectivity index (χ0n) is 17.2. The predicted molar refractivity (Wildman–Crippen MR) is 124 cm³/mol. The maximum Gasteiger partial charge on any atom is 0.242 e. The summed E-state index contributed by atoms with van der Waals surface area (Å²) in [5.74, 6) is -0.0663. The summed E-state index contributed by atoms with van der Waals surface area (Å²) in [5, 5.41) is 20.5. The molecule has 0 bridgehead atoms. The zero-order chi connectivity index (χ0) is 21.5. The molecule has 168 valence electrons. The van der Waals surface area contributed by atoms with Gasteiger partial charge in [0.05, 0.1) is 17.5 Å². The molecule has 1 aromatic carbocycles. The maximum absolute atomic E-state index is 12.7. The van der Waals surface area contributed by atoms with Crippen molar-refractivity contribution in [1.82, 2.24) is 16.0 Å². The van der Waals surface area contributed by atoms with Crippen LogP contribution in [0.1, 0.15) is 41.0 Å². The van der Waals surface area contributed by atoms with E-state index >= 15 is 0 Å². The molecule has 3 rings (SSSR count). The number of nitrogens with two attached hydrogens (primary N) is 1. The van der Waals surface area contributed by atoms with Gasteiger partial charge in [-0.25, -0.2) is 0 Å². The van der Waals surface area contributed by atoms with E-state index in [-0.39, 0.29) is 36.1 Å². The van der Waals surface area contributed by atoms with E-state index in [9.17, 15) is 9.59 Å². The van der Waals surface area contributed by atoms with Crippen molar-refractivity contribution < 1.29 is 14.8 Å². The number of rotatable bonds is 7. The summed E-state index contributed by atoms with van der Waals surface area (Å²) in [6.45, 7) is 2.74. The van der Waals surface area contributed by atoms with Gasteiger partial charge in [0.1, 0.15) is 6.04 Å². The Labute approximate surface area is 191 Å². The Bertz CT molecular complexity index is 905. The summed E-state index contributed by atoms with van der Waals surface area (Å²) in [5.41, 5.74) is 6.79. The molecule has 1 saturated heterocycles. The SMILES string of the molecule is CC(NC(=O)C1CC(c2ccccc2)CCN1)C(=O)NCc1ccc(/C(N)=N/O)s1.Cl. The van der Waals surface area contributed by atoms with Crippen LogP contribution in [0.4, 0.5) is 0 Å². The van der Waals surface area contributed by atoms with Crippen molar-refractivity contribution in [3.63, 3.8) is 0 Å². The third-order valence-corrected chi connectivity index (χ3v) is 6.31. The third-order valence-electron chi connectivity index (χ3n) is 5.20. The first-order valence-corrected chi connectivity index (χ1v) is 10.7. The molecule has 1 aromatic heterocycles. The zero-order valence-corrected chi connectivity index (χ0v) is 18.8. The smallest absolute Gasteiger partial charge is 0.242 e. The van der Waals surface area contributed by atoms with Gasteiger partial charge in [-0.15, -0.1) is 23.7 Å². The number of carbonyl (C=O) groups excluding carboxylic acids is 2. The number of benzene rings is 1. The Hall–Kier alpha value is -2.62. The first-order chi connectivity index (χ1) is 14.5. The maximum atomic E-state index is 12.7. The Morgan fingerprint density at radius 3 is 2.74 bits per heavy atom. The van der Waals surface area contributed by atoms with E-state index < -0.39 is 6.04 Å². The molecule has 3 atom stereocenters. The second-order valence-corrected chi connectivity index (χ2v) is 8.51. The number of amides is 2. The Kier molecular flexibility index (Phi) is 9.29. The first-order valence-electron chi connectivity index (χ1n) is 9.91. The highest BCUT2D eigenvalue weighted by molar-refractivity contribution is 7.14. The van der Waals surface area contributed by atoms with Gasteiger partial charge >= 0.3 is 0 Å². The molecule has 2 heterocycles. The second kappa shape index (κ2) is 11.7. The van der Waals surface area contributed by atoms with Crippen LogP contribution in [0.15, 0.2) is 47.6 Å². The molecule has 0 spiro atoms. The lowest BCUT2D eigenvalue weighted by Gasteiger charge is -2.30. The number of hydrogen-bond donors (Lipinski definition) is 5. The summed E-state index contributed by atoms with van der Waals surface area (Å²) in [7, 11) is 0. The van der Waals surface area contributed by atoms with Crippen molar-refractivity contribution in [3.8, 4) is 0 Å². The van der Waals surface area contributed by atoms with Crippen molar-refractivity contribution in [3.05, 3.63) is 57.8 Å². The molecule has 10 heteroatoms. The molecule has 2 aromatic rings. The molecule has 0 saturated carbocycles. The monoisotopic (exact) mass is 465 g/mol. The van der Waals surface area contributed by atoms with E-state index in [0.717, 1.165) is 17.8 Å². The predicted octanol–water partition coefficient (Wildman–Crippen LogP) is 1.92.